The number of halogens is 2. The molecule has 88 valence electrons. The maximum absolute atomic E-state index is 13.1. The molecule has 0 heterocycles. The molecule has 0 aliphatic rings. The van der Waals surface area contributed by atoms with Crippen molar-refractivity contribution in [1.82, 2.24) is 5.32 Å². The Bertz CT molecular complexity index is 380. The first-order chi connectivity index (χ1) is 7.50. The Kier molecular flexibility index (Phi) is 4.22. The molecule has 0 atom stereocenters. The molecule has 0 aliphatic carbocycles. The van der Waals surface area contributed by atoms with Crippen LogP contribution in [-0.2, 0) is 4.79 Å². The number of hydrogen-bond donors (Lipinski definition) is 2. The van der Waals surface area contributed by atoms with E-state index in [2.05, 4.69) is 10.6 Å². The van der Waals surface area contributed by atoms with Crippen molar-refractivity contribution in [3.05, 3.63) is 29.8 Å². The summed E-state index contributed by atoms with van der Waals surface area (Å²) in [7, 11) is 0. The van der Waals surface area contributed by atoms with E-state index in [4.69, 9.17) is 0 Å². The van der Waals surface area contributed by atoms with Crippen LogP contribution < -0.4 is 10.6 Å². The first-order valence-electron chi connectivity index (χ1n) is 4.98. The van der Waals surface area contributed by atoms with E-state index in [0.29, 0.717) is 0 Å². The fourth-order valence-corrected chi connectivity index (χ4v) is 1.19. The minimum absolute atomic E-state index is 0.0149. The van der Waals surface area contributed by atoms with Crippen LogP contribution in [0.1, 0.15) is 13.8 Å². The van der Waals surface area contributed by atoms with Gasteiger partial charge in [-0.3, -0.25) is 4.79 Å². The summed E-state index contributed by atoms with van der Waals surface area (Å²) in [5, 5.41) is 5.16. The van der Waals surface area contributed by atoms with Crippen molar-refractivity contribution < 1.29 is 13.6 Å². The molecule has 1 rings (SSSR count). The third-order valence-corrected chi connectivity index (χ3v) is 1.84. The highest BCUT2D eigenvalue weighted by atomic mass is 19.2. The third kappa shape index (κ3) is 3.49. The molecule has 3 nitrogen and oxygen atoms in total. The number of nitrogens with one attached hydrogen (secondary N) is 2. The maximum Gasteiger partial charge on any atom is 0.239 e. The largest absolute Gasteiger partial charge is 0.374 e. The van der Waals surface area contributed by atoms with Crippen LogP contribution in [-0.4, -0.2) is 18.5 Å². The summed E-state index contributed by atoms with van der Waals surface area (Å²) in [4.78, 5) is 11.2. The van der Waals surface area contributed by atoms with Gasteiger partial charge in [0, 0.05) is 6.04 Å². The number of benzene rings is 1. The zero-order chi connectivity index (χ0) is 12.1. The molecule has 2 N–H and O–H groups in total. The zero-order valence-electron chi connectivity index (χ0n) is 9.18. The lowest BCUT2D eigenvalue weighted by atomic mass is 10.3. The molecule has 0 radical (unpaired) electrons. The Morgan fingerprint density at radius 3 is 2.69 bits per heavy atom. The molecule has 0 aliphatic heterocycles. The molecule has 1 aromatic carbocycles. The van der Waals surface area contributed by atoms with Gasteiger partial charge in [-0.15, -0.1) is 0 Å². The second-order valence-electron chi connectivity index (χ2n) is 3.68. The molecule has 0 fully saturated rings. The number of carbonyl (C=O) groups excluding carboxylic acids is 1. The van der Waals surface area contributed by atoms with Crippen molar-refractivity contribution in [3.8, 4) is 0 Å². The highest BCUT2D eigenvalue weighted by molar-refractivity contribution is 5.80. The lowest BCUT2D eigenvalue weighted by Gasteiger charge is -2.10. The second-order valence-corrected chi connectivity index (χ2v) is 3.68. The summed E-state index contributed by atoms with van der Waals surface area (Å²) in [5.74, 6) is -2.17. The van der Waals surface area contributed by atoms with E-state index in [-0.39, 0.29) is 24.2 Å². The van der Waals surface area contributed by atoms with Crippen LogP contribution in [0.25, 0.3) is 0 Å². The summed E-state index contributed by atoms with van der Waals surface area (Å²) in [5.41, 5.74) is -0.0149. The van der Waals surface area contributed by atoms with Gasteiger partial charge >= 0.3 is 0 Å². The summed E-state index contributed by atoms with van der Waals surface area (Å²) in [6.45, 7) is 3.56. The van der Waals surface area contributed by atoms with Gasteiger partial charge in [-0.05, 0) is 26.0 Å². The van der Waals surface area contributed by atoms with E-state index in [0.717, 1.165) is 6.07 Å². The molecule has 0 saturated carbocycles. The second kappa shape index (κ2) is 5.44. The molecule has 1 amide bonds. The van der Waals surface area contributed by atoms with Crippen molar-refractivity contribution in [3.63, 3.8) is 0 Å². The van der Waals surface area contributed by atoms with E-state index < -0.39 is 11.6 Å². The van der Waals surface area contributed by atoms with E-state index >= 15 is 0 Å². The molecule has 0 bridgehead atoms. The molecular weight excluding hydrogens is 214 g/mol. The topological polar surface area (TPSA) is 41.1 Å². The molecule has 0 aromatic heterocycles. The SMILES string of the molecule is CC(C)NC(=O)CNc1cccc(F)c1F. The average molecular weight is 228 g/mol. The number of amides is 1. The van der Waals surface area contributed by atoms with Crippen LogP contribution >= 0.6 is 0 Å². The predicted molar refractivity (Wildman–Crippen MR) is 58.1 cm³/mol. The summed E-state index contributed by atoms with van der Waals surface area (Å²) in [6.07, 6.45) is 0. The molecular formula is C11H14F2N2O. The number of carbonyl (C=O) groups is 1. The number of hydrogen-bond acceptors (Lipinski definition) is 2. The van der Waals surface area contributed by atoms with Gasteiger partial charge in [0.2, 0.25) is 5.91 Å². The van der Waals surface area contributed by atoms with Crippen LogP contribution in [0.15, 0.2) is 18.2 Å². The van der Waals surface area contributed by atoms with E-state index in [9.17, 15) is 13.6 Å². The van der Waals surface area contributed by atoms with Crippen LogP contribution in [0, 0.1) is 11.6 Å². The predicted octanol–water partition coefficient (Wildman–Crippen LogP) is 1.90. The molecule has 5 heteroatoms. The third-order valence-electron chi connectivity index (χ3n) is 1.84. The quantitative estimate of drug-likeness (QED) is 0.826. The maximum atomic E-state index is 13.1. The molecule has 0 spiro atoms. The summed E-state index contributed by atoms with van der Waals surface area (Å²) < 4.78 is 25.9. The van der Waals surface area contributed by atoms with Crippen molar-refractivity contribution in [1.29, 1.82) is 0 Å². The summed E-state index contributed by atoms with van der Waals surface area (Å²) in [6, 6.07) is 3.79. The summed E-state index contributed by atoms with van der Waals surface area (Å²) >= 11 is 0. The van der Waals surface area contributed by atoms with Crippen molar-refractivity contribution in [2.24, 2.45) is 0 Å². The van der Waals surface area contributed by atoms with Gasteiger partial charge in [0.05, 0.1) is 12.2 Å². The smallest absolute Gasteiger partial charge is 0.239 e. The average Bonchev–Trinajstić information content (AvgIpc) is 2.19. The Morgan fingerprint density at radius 2 is 2.06 bits per heavy atom. The van der Waals surface area contributed by atoms with Crippen molar-refractivity contribution in [2.75, 3.05) is 11.9 Å². The lowest BCUT2D eigenvalue weighted by molar-refractivity contribution is -0.119. The van der Waals surface area contributed by atoms with Crippen LogP contribution in [0.5, 0.6) is 0 Å². The Balaban J connectivity index is 2.55. The van der Waals surface area contributed by atoms with Crippen molar-refractivity contribution in [2.45, 2.75) is 19.9 Å². The molecule has 0 saturated heterocycles. The van der Waals surface area contributed by atoms with Crippen molar-refractivity contribution >= 4 is 11.6 Å². The number of rotatable bonds is 4. The van der Waals surface area contributed by atoms with E-state index in [1.165, 1.54) is 12.1 Å². The fraction of sp³-hybridized carbons (Fsp3) is 0.364. The van der Waals surface area contributed by atoms with Crippen LogP contribution in [0.2, 0.25) is 0 Å². The van der Waals surface area contributed by atoms with E-state index in [1.54, 1.807) is 0 Å². The van der Waals surface area contributed by atoms with Gasteiger partial charge in [0.1, 0.15) is 0 Å². The Morgan fingerprint density at radius 1 is 1.38 bits per heavy atom. The lowest BCUT2D eigenvalue weighted by Crippen LogP contribution is -2.35. The molecule has 1 aromatic rings. The first-order valence-corrected chi connectivity index (χ1v) is 4.98. The standard InChI is InChI=1S/C11H14F2N2O/c1-7(2)15-10(16)6-14-9-5-3-4-8(12)11(9)13/h3-5,7,14H,6H2,1-2H3,(H,15,16). The van der Waals surface area contributed by atoms with Gasteiger partial charge in [-0.1, -0.05) is 6.07 Å². The molecule has 16 heavy (non-hydrogen) atoms. The minimum atomic E-state index is -0.972. The van der Waals surface area contributed by atoms with E-state index in [1.807, 2.05) is 13.8 Å². The van der Waals surface area contributed by atoms with Gasteiger partial charge in [-0.2, -0.15) is 0 Å². The zero-order valence-corrected chi connectivity index (χ0v) is 9.18. The Hall–Kier alpha value is -1.65. The minimum Gasteiger partial charge on any atom is -0.374 e. The fourth-order valence-electron chi connectivity index (χ4n) is 1.19. The van der Waals surface area contributed by atoms with Gasteiger partial charge in [0.15, 0.2) is 11.6 Å². The van der Waals surface area contributed by atoms with Crippen LogP contribution in [0.3, 0.4) is 0 Å². The normalized spacial score (nSPS) is 10.3. The van der Waals surface area contributed by atoms with Gasteiger partial charge in [-0.25, -0.2) is 8.78 Å². The van der Waals surface area contributed by atoms with Crippen LogP contribution in [0.4, 0.5) is 14.5 Å². The monoisotopic (exact) mass is 228 g/mol. The first kappa shape index (κ1) is 12.4. The van der Waals surface area contributed by atoms with Gasteiger partial charge in [0.25, 0.3) is 0 Å². The van der Waals surface area contributed by atoms with Gasteiger partial charge < -0.3 is 10.6 Å². The highest BCUT2D eigenvalue weighted by Gasteiger charge is 2.08. The highest BCUT2D eigenvalue weighted by Crippen LogP contribution is 2.15. The molecule has 0 unspecified atom stereocenters. The number of anilines is 1. The Labute approximate surface area is 92.8 Å².